The SMILES string of the molecule is CCNCc1cccc(C)c1OCCOC(F)(F)F. The molecule has 0 amide bonds. The highest BCUT2D eigenvalue weighted by Gasteiger charge is 2.28. The van der Waals surface area contributed by atoms with Gasteiger partial charge in [-0.2, -0.15) is 0 Å². The molecule has 0 aliphatic carbocycles. The molecule has 0 spiro atoms. The molecule has 3 nitrogen and oxygen atoms in total. The fourth-order valence-corrected chi connectivity index (χ4v) is 1.62. The quantitative estimate of drug-likeness (QED) is 0.777. The van der Waals surface area contributed by atoms with Gasteiger partial charge in [-0.05, 0) is 19.0 Å². The number of halogens is 3. The summed E-state index contributed by atoms with van der Waals surface area (Å²) in [6, 6.07) is 5.63. The maximum absolute atomic E-state index is 11.8. The van der Waals surface area contributed by atoms with Crippen LogP contribution in [0.15, 0.2) is 18.2 Å². The van der Waals surface area contributed by atoms with E-state index in [1.807, 2.05) is 32.0 Å². The molecular formula is C13H18F3NO2. The molecule has 19 heavy (non-hydrogen) atoms. The van der Waals surface area contributed by atoms with Gasteiger partial charge in [0.05, 0.1) is 6.61 Å². The lowest BCUT2D eigenvalue weighted by Gasteiger charge is -2.15. The van der Waals surface area contributed by atoms with E-state index >= 15 is 0 Å². The third-order valence-corrected chi connectivity index (χ3v) is 2.45. The van der Waals surface area contributed by atoms with Gasteiger partial charge in [0, 0.05) is 12.1 Å². The van der Waals surface area contributed by atoms with Gasteiger partial charge in [-0.25, -0.2) is 0 Å². The molecule has 0 aromatic heterocycles. The molecule has 1 aromatic rings. The molecule has 1 rings (SSSR count). The Labute approximate surface area is 110 Å². The van der Waals surface area contributed by atoms with Crippen LogP contribution in [0, 0.1) is 6.92 Å². The van der Waals surface area contributed by atoms with Crippen LogP contribution >= 0.6 is 0 Å². The van der Waals surface area contributed by atoms with E-state index in [0.29, 0.717) is 12.3 Å². The molecule has 0 unspecified atom stereocenters. The summed E-state index contributed by atoms with van der Waals surface area (Å²) in [5.74, 6) is 0.620. The summed E-state index contributed by atoms with van der Waals surface area (Å²) in [5, 5.41) is 3.16. The van der Waals surface area contributed by atoms with E-state index < -0.39 is 13.0 Å². The maximum atomic E-state index is 11.8. The van der Waals surface area contributed by atoms with Crippen molar-refractivity contribution in [3.8, 4) is 5.75 Å². The molecule has 0 atom stereocenters. The minimum absolute atomic E-state index is 0.135. The predicted molar refractivity (Wildman–Crippen MR) is 66.1 cm³/mol. The van der Waals surface area contributed by atoms with Crippen LogP contribution < -0.4 is 10.1 Å². The summed E-state index contributed by atoms with van der Waals surface area (Å²) in [6.07, 6.45) is -4.61. The van der Waals surface area contributed by atoms with Crippen molar-refractivity contribution < 1.29 is 22.6 Å². The van der Waals surface area contributed by atoms with E-state index in [9.17, 15) is 13.2 Å². The molecule has 1 aromatic carbocycles. The number of hydrogen-bond acceptors (Lipinski definition) is 3. The smallest absolute Gasteiger partial charge is 0.491 e. The van der Waals surface area contributed by atoms with Crippen LogP contribution in [-0.4, -0.2) is 26.1 Å². The third-order valence-electron chi connectivity index (χ3n) is 2.45. The second-order valence-corrected chi connectivity index (χ2v) is 3.99. The number of aryl methyl sites for hydroxylation is 1. The molecule has 0 radical (unpaired) electrons. The molecule has 0 bridgehead atoms. The largest absolute Gasteiger partial charge is 0.522 e. The Hall–Kier alpha value is -1.27. The van der Waals surface area contributed by atoms with Crippen LogP contribution in [0.4, 0.5) is 13.2 Å². The number of benzene rings is 1. The van der Waals surface area contributed by atoms with Crippen LogP contribution in [0.1, 0.15) is 18.1 Å². The van der Waals surface area contributed by atoms with Crippen molar-refractivity contribution in [1.82, 2.24) is 5.32 Å². The van der Waals surface area contributed by atoms with E-state index in [-0.39, 0.29) is 6.61 Å². The van der Waals surface area contributed by atoms with Crippen molar-refractivity contribution in [1.29, 1.82) is 0 Å². The molecule has 0 aliphatic heterocycles. The van der Waals surface area contributed by atoms with Gasteiger partial charge in [-0.1, -0.05) is 25.1 Å². The molecule has 6 heteroatoms. The van der Waals surface area contributed by atoms with Crippen molar-refractivity contribution in [2.75, 3.05) is 19.8 Å². The lowest BCUT2D eigenvalue weighted by Crippen LogP contribution is -2.19. The van der Waals surface area contributed by atoms with E-state index in [1.165, 1.54) is 0 Å². The second-order valence-electron chi connectivity index (χ2n) is 3.99. The minimum Gasteiger partial charge on any atom is -0.491 e. The monoisotopic (exact) mass is 277 g/mol. The lowest BCUT2D eigenvalue weighted by atomic mass is 10.1. The standard InChI is InChI=1S/C13H18F3NO2/c1-3-17-9-11-6-4-5-10(2)12(11)18-7-8-19-13(14,15)16/h4-6,17H,3,7-9H2,1-2H3. The van der Waals surface area contributed by atoms with Crippen LogP contribution in [0.5, 0.6) is 5.75 Å². The van der Waals surface area contributed by atoms with Gasteiger partial charge in [-0.3, -0.25) is 4.74 Å². The van der Waals surface area contributed by atoms with Gasteiger partial charge in [0.2, 0.25) is 0 Å². The van der Waals surface area contributed by atoms with Crippen molar-refractivity contribution in [3.05, 3.63) is 29.3 Å². The first-order chi connectivity index (χ1) is 8.94. The van der Waals surface area contributed by atoms with Crippen LogP contribution in [0.2, 0.25) is 0 Å². The van der Waals surface area contributed by atoms with Gasteiger partial charge in [-0.15, -0.1) is 13.2 Å². The summed E-state index contributed by atoms with van der Waals surface area (Å²) >= 11 is 0. The number of nitrogens with one attached hydrogen (secondary N) is 1. The molecule has 0 heterocycles. The zero-order valence-electron chi connectivity index (χ0n) is 11.0. The van der Waals surface area contributed by atoms with Crippen molar-refractivity contribution in [2.45, 2.75) is 26.8 Å². The summed E-state index contributed by atoms with van der Waals surface area (Å²) in [7, 11) is 0. The van der Waals surface area contributed by atoms with Crippen LogP contribution in [-0.2, 0) is 11.3 Å². The molecule has 0 fully saturated rings. The fourth-order valence-electron chi connectivity index (χ4n) is 1.62. The molecule has 0 saturated heterocycles. The molecule has 0 saturated carbocycles. The Morgan fingerprint density at radius 1 is 1.21 bits per heavy atom. The normalized spacial score (nSPS) is 11.6. The Kier molecular flexibility index (Phi) is 6.11. The Morgan fingerprint density at radius 3 is 2.58 bits per heavy atom. The zero-order chi connectivity index (χ0) is 14.3. The highest BCUT2D eigenvalue weighted by atomic mass is 19.4. The topological polar surface area (TPSA) is 30.5 Å². The first-order valence-electron chi connectivity index (χ1n) is 6.06. The van der Waals surface area contributed by atoms with Gasteiger partial charge in [0.25, 0.3) is 0 Å². The van der Waals surface area contributed by atoms with E-state index in [0.717, 1.165) is 17.7 Å². The predicted octanol–water partition coefficient (Wildman–Crippen LogP) is 3.02. The number of rotatable bonds is 7. The lowest BCUT2D eigenvalue weighted by molar-refractivity contribution is -0.325. The maximum Gasteiger partial charge on any atom is 0.522 e. The highest BCUT2D eigenvalue weighted by molar-refractivity contribution is 5.40. The van der Waals surface area contributed by atoms with Crippen molar-refractivity contribution in [2.24, 2.45) is 0 Å². The molecular weight excluding hydrogens is 259 g/mol. The molecule has 108 valence electrons. The first-order valence-corrected chi connectivity index (χ1v) is 6.06. The second kappa shape index (κ2) is 7.35. The summed E-state index contributed by atoms with van der Waals surface area (Å²) in [6.45, 7) is 4.61. The van der Waals surface area contributed by atoms with E-state index in [4.69, 9.17) is 4.74 Å². The first kappa shape index (κ1) is 15.8. The van der Waals surface area contributed by atoms with Crippen LogP contribution in [0.25, 0.3) is 0 Å². The van der Waals surface area contributed by atoms with Crippen molar-refractivity contribution in [3.63, 3.8) is 0 Å². The Bertz CT molecular complexity index is 394. The molecule has 0 aliphatic rings. The number of ether oxygens (including phenoxy) is 2. The third kappa shape index (κ3) is 5.94. The van der Waals surface area contributed by atoms with Gasteiger partial charge >= 0.3 is 6.36 Å². The average Bonchev–Trinajstić information content (AvgIpc) is 2.32. The van der Waals surface area contributed by atoms with Gasteiger partial charge in [0.1, 0.15) is 12.4 Å². The summed E-state index contributed by atoms with van der Waals surface area (Å²) in [5.41, 5.74) is 1.82. The Balaban J connectivity index is 2.56. The zero-order valence-corrected chi connectivity index (χ0v) is 11.0. The minimum atomic E-state index is -4.61. The number of hydrogen-bond donors (Lipinski definition) is 1. The van der Waals surface area contributed by atoms with E-state index in [2.05, 4.69) is 10.1 Å². The van der Waals surface area contributed by atoms with Crippen LogP contribution in [0.3, 0.4) is 0 Å². The number of alkyl halides is 3. The molecule has 1 N–H and O–H groups in total. The highest BCUT2D eigenvalue weighted by Crippen LogP contribution is 2.23. The summed E-state index contributed by atoms with van der Waals surface area (Å²) < 4.78 is 44.5. The average molecular weight is 277 g/mol. The fraction of sp³-hybridized carbons (Fsp3) is 0.538. The van der Waals surface area contributed by atoms with Crippen molar-refractivity contribution >= 4 is 0 Å². The number of para-hydroxylation sites is 1. The van der Waals surface area contributed by atoms with Gasteiger partial charge in [0.15, 0.2) is 0 Å². The Morgan fingerprint density at radius 2 is 1.95 bits per heavy atom. The summed E-state index contributed by atoms with van der Waals surface area (Å²) in [4.78, 5) is 0. The van der Waals surface area contributed by atoms with E-state index in [1.54, 1.807) is 0 Å². The van der Waals surface area contributed by atoms with Gasteiger partial charge < -0.3 is 10.1 Å².